The average Bonchev–Trinajstić information content (AvgIpc) is 2.84. The van der Waals surface area contributed by atoms with Gasteiger partial charge in [0.25, 0.3) is 10.0 Å². The fraction of sp³-hybridized carbons (Fsp3) is 0.240. The molecule has 1 aliphatic rings. The van der Waals surface area contributed by atoms with E-state index >= 15 is 0 Å². The Bertz CT molecular complexity index is 1440. The molecule has 0 saturated heterocycles. The summed E-state index contributed by atoms with van der Waals surface area (Å²) in [4.78, 5) is 10.6. The zero-order chi connectivity index (χ0) is 27.0. The van der Waals surface area contributed by atoms with E-state index in [1.165, 1.54) is 25.1 Å². The van der Waals surface area contributed by atoms with Crippen molar-refractivity contribution in [2.45, 2.75) is 30.5 Å². The Morgan fingerprint density at radius 1 is 1.08 bits per heavy atom. The lowest BCUT2D eigenvalue weighted by molar-refractivity contribution is -0.137. The number of amides is 1. The Balaban J connectivity index is 1.80. The van der Waals surface area contributed by atoms with E-state index in [9.17, 15) is 35.2 Å². The van der Waals surface area contributed by atoms with E-state index in [1.54, 1.807) is 0 Å². The van der Waals surface area contributed by atoms with Crippen LogP contribution in [-0.4, -0.2) is 33.5 Å². The van der Waals surface area contributed by atoms with Crippen molar-refractivity contribution < 1.29 is 39.9 Å². The average molecular weight is 541 g/mol. The van der Waals surface area contributed by atoms with E-state index < -0.39 is 44.4 Å². The van der Waals surface area contributed by atoms with E-state index in [-0.39, 0.29) is 48.0 Å². The molecule has 1 unspecified atom stereocenters. The fourth-order valence-electron chi connectivity index (χ4n) is 3.95. The molecule has 1 amide bonds. The first-order chi connectivity index (χ1) is 17.4. The number of hydrogen-bond acceptors (Lipinski definition) is 4. The van der Waals surface area contributed by atoms with Gasteiger partial charge in [-0.05, 0) is 54.1 Å². The van der Waals surface area contributed by atoms with Gasteiger partial charge in [0, 0.05) is 25.5 Å². The highest BCUT2D eigenvalue weighted by atomic mass is 32.2. The van der Waals surface area contributed by atoms with Crippen molar-refractivity contribution in [2.75, 3.05) is 17.4 Å². The highest BCUT2D eigenvalue weighted by Gasteiger charge is 2.37. The summed E-state index contributed by atoms with van der Waals surface area (Å²) in [6.45, 7) is 1.19. The molecular formula is C25H21F5N2O4S. The highest BCUT2D eigenvalue weighted by molar-refractivity contribution is 7.92. The van der Waals surface area contributed by atoms with Crippen molar-refractivity contribution in [2.24, 2.45) is 0 Å². The van der Waals surface area contributed by atoms with Crippen LogP contribution in [0.3, 0.4) is 0 Å². The minimum absolute atomic E-state index is 0.0469. The van der Waals surface area contributed by atoms with Crippen LogP contribution in [0.4, 0.5) is 27.6 Å². The lowest BCUT2D eigenvalue weighted by atomic mass is 10.0. The molecule has 1 aliphatic heterocycles. The van der Waals surface area contributed by atoms with Crippen molar-refractivity contribution >= 4 is 21.6 Å². The van der Waals surface area contributed by atoms with Gasteiger partial charge in [-0.25, -0.2) is 17.2 Å². The molecule has 0 saturated carbocycles. The van der Waals surface area contributed by atoms with E-state index in [0.29, 0.717) is 6.07 Å². The summed E-state index contributed by atoms with van der Waals surface area (Å²) in [5.41, 5.74) is -1.18. The monoisotopic (exact) mass is 540 g/mol. The van der Waals surface area contributed by atoms with Crippen LogP contribution < -0.4 is 14.4 Å². The van der Waals surface area contributed by atoms with E-state index in [0.717, 1.165) is 40.7 Å². The lowest BCUT2D eigenvalue weighted by Crippen LogP contribution is -2.44. The number of hydrogen-bond donors (Lipinski definition) is 1. The van der Waals surface area contributed by atoms with Gasteiger partial charge in [0.2, 0.25) is 5.91 Å². The van der Waals surface area contributed by atoms with Gasteiger partial charge in [0.1, 0.15) is 23.5 Å². The Kier molecular flexibility index (Phi) is 7.13. The van der Waals surface area contributed by atoms with Crippen LogP contribution in [0.15, 0.2) is 65.6 Å². The minimum Gasteiger partial charge on any atom is -0.486 e. The van der Waals surface area contributed by atoms with Crippen LogP contribution in [0, 0.1) is 11.6 Å². The molecule has 6 nitrogen and oxygen atoms in total. The van der Waals surface area contributed by atoms with Crippen molar-refractivity contribution in [3.63, 3.8) is 0 Å². The normalized spacial score (nSPS) is 15.6. The second kappa shape index (κ2) is 10.0. The molecule has 1 atom stereocenters. The zero-order valence-corrected chi connectivity index (χ0v) is 20.2. The lowest BCUT2D eigenvalue weighted by Gasteiger charge is -2.36. The number of rotatable bonds is 6. The van der Waals surface area contributed by atoms with Crippen LogP contribution >= 0.6 is 0 Å². The highest BCUT2D eigenvalue weighted by Crippen LogP contribution is 2.41. The van der Waals surface area contributed by atoms with Crippen LogP contribution in [-0.2, 0) is 21.0 Å². The summed E-state index contributed by atoms with van der Waals surface area (Å²) in [6, 6.07) is 10.2. The molecule has 0 aliphatic carbocycles. The third-order valence-corrected chi connectivity index (χ3v) is 7.50. The van der Waals surface area contributed by atoms with Crippen molar-refractivity contribution in [3.05, 3.63) is 77.9 Å². The zero-order valence-electron chi connectivity index (χ0n) is 19.4. The molecule has 12 heteroatoms. The van der Waals surface area contributed by atoms with Crippen LogP contribution in [0.5, 0.6) is 5.75 Å². The quantitative estimate of drug-likeness (QED) is 0.440. The van der Waals surface area contributed by atoms with Crippen molar-refractivity contribution in [1.82, 2.24) is 5.32 Å². The molecular weight excluding hydrogens is 519 g/mol. The topological polar surface area (TPSA) is 75.7 Å². The number of carbonyl (C=O) groups excluding carboxylic acids is 1. The summed E-state index contributed by atoms with van der Waals surface area (Å²) in [7, 11) is -4.55. The molecule has 0 bridgehead atoms. The molecule has 1 heterocycles. The number of nitrogens with one attached hydrogen (secondary N) is 1. The standard InChI is InChI=1S/C25H21F5N2O4S/c1-15(33)31-10-9-19-14-32(37(34,35)20-4-2-3-17(12-20)25(28,29)30)23-11-16(5-8-24(23)36-19)21-13-18(26)6-7-22(21)27/h2-8,11-13,19H,9-10,14H2,1H3,(H,31,33). The van der Waals surface area contributed by atoms with Gasteiger partial charge in [0.05, 0.1) is 22.7 Å². The number of fused-ring (bicyclic) bond motifs is 1. The molecule has 37 heavy (non-hydrogen) atoms. The van der Waals surface area contributed by atoms with Gasteiger partial charge >= 0.3 is 6.18 Å². The summed E-state index contributed by atoms with van der Waals surface area (Å²) < 4.78 is 102. The molecule has 0 spiro atoms. The SMILES string of the molecule is CC(=O)NCCC1CN(S(=O)(=O)c2cccc(C(F)(F)F)c2)c2cc(-c3cc(F)ccc3F)ccc2O1. The van der Waals surface area contributed by atoms with Crippen molar-refractivity contribution in [1.29, 1.82) is 0 Å². The first-order valence-corrected chi connectivity index (χ1v) is 12.5. The molecule has 196 valence electrons. The number of sulfonamides is 1. The Morgan fingerprint density at radius 3 is 2.54 bits per heavy atom. The summed E-state index contributed by atoms with van der Waals surface area (Å²) in [5, 5.41) is 2.58. The third-order valence-electron chi connectivity index (χ3n) is 5.72. The molecule has 0 radical (unpaired) electrons. The number of carbonyl (C=O) groups is 1. The van der Waals surface area contributed by atoms with Gasteiger partial charge in [-0.3, -0.25) is 9.10 Å². The van der Waals surface area contributed by atoms with E-state index in [4.69, 9.17) is 4.74 Å². The largest absolute Gasteiger partial charge is 0.486 e. The predicted molar refractivity (Wildman–Crippen MR) is 125 cm³/mol. The van der Waals surface area contributed by atoms with Crippen LogP contribution in [0.1, 0.15) is 18.9 Å². The summed E-state index contributed by atoms with van der Waals surface area (Å²) in [6.07, 6.45) is -5.32. The second-order valence-corrected chi connectivity index (χ2v) is 10.2. The van der Waals surface area contributed by atoms with E-state index in [2.05, 4.69) is 5.32 Å². The van der Waals surface area contributed by atoms with Gasteiger partial charge in [0.15, 0.2) is 0 Å². The summed E-state index contributed by atoms with van der Waals surface area (Å²) >= 11 is 0. The molecule has 0 aromatic heterocycles. The first kappa shape index (κ1) is 26.4. The number of nitrogens with zero attached hydrogens (tertiary/aromatic N) is 1. The second-order valence-electron chi connectivity index (χ2n) is 8.38. The Labute approximate surface area is 209 Å². The fourth-order valence-corrected chi connectivity index (χ4v) is 5.49. The first-order valence-electron chi connectivity index (χ1n) is 11.1. The van der Waals surface area contributed by atoms with Gasteiger partial charge in [-0.15, -0.1) is 0 Å². The maximum Gasteiger partial charge on any atom is 0.416 e. The maximum atomic E-state index is 14.4. The smallest absolute Gasteiger partial charge is 0.416 e. The van der Waals surface area contributed by atoms with Gasteiger partial charge < -0.3 is 10.1 Å². The molecule has 0 fully saturated rings. The number of alkyl halides is 3. The number of anilines is 1. The summed E-state index contributed by atoms with van der Waals surface area (Å²) in [5.74, 6) is -1.68. The Morgan fingerprint density at radius 2 is 1.84 bits per heavy atom. The molecule has 1 N–H and O–H groups in total. The Hall–Kier alpha value is -3.67. The number of benzene rings is 3. The van der Waals surface area contributed by atoms with Crippen molar-refractivity contribution in [3.8, 4) is 16.9 Å². The van der Waals surface area contributed by atoms with Gasteiger partial charge in [-0.1, -0.05) is 12.1 Å². The maximum absolute atomic E-state index is 14.4. The van der Waals surface area contributed by atoms with E-state index in [1.807, 2.05) is 0 Å². The predicted octanol–water partition coefficient (Wildman–Crippen LogP) is 5.13. The van der Waals surface area contributed by atoms with Crippen LogP contribution in [0.2, 0.25) is 0 Å². The van der Waals surface area contributed by atoms with Gasteiger partial charge in [-0.2, -0.15) is 13.2 Å². The molecule has 3 aromatic rings. The third kappa shape index (κ3) is 5.68. The molecule has 3 aromatic carbocycles. The minimum atomic E-state index is -4.77. The van der Waals surface area contributed by atoms with Crippen LogP contribution in [0.25, 0.3) is 11.1 Å². The number of ether oxygens (including phenoxy) is 1. The molecule has 4 rings (SSSR count). The number of halogens is 5.